The summed E-state index contributed by atoms with van der Waals surface area (Å²) >= 11 is 1.33. The minimum atomic E-state index is -0.582. The van der Waals surface area contributed by atoms with E-state index in [1.165, 1.54) is 18.3 Å². The van der Waals surface area contributed by atoms with Gasteiger partial charge in [0.2, 0.25) is 11.8 Å². The van der Waals surface area contributed by atoms with Crippen LogP contribution in [0.2, 0.25) is 0 Å². The molecule has 0 spiro atoms. The SMILES string of the molecule is CC(=O)Nc1ccc2nc(NC(=O)C(C)N)sc2c1. The van der Waals surface area contributed by atoms with Crippen molar-refractivity contribution in [3.05, 3.63) is 18.2 Å². The summed E-state index contributed by atoms with van der Waals surface area (Å²) in [7, 11) is 0. The molecule has 4 N–H and O–H groups in total. The van der Waals surface area contributed by atoms with Gasteiger partial charge in [-0.1, -0.05) is 11.3 Å². The molecular weight excluding hydrogens is 264 g/mol. The van der Waals surface area contributed by atoms with Crippen molar-refractivity contribution in [2.24, 2.45) is 5.73 Å². The number of fused-ring (bicyclic) bond motifs is 1. The van der Waals surface area contributed by atoms with E-state index in [9.17, 15) is 9.59 Å². The fourth-order valence-corrected chi connectivity index (χ4v) is 2.39. The summed E-state index contributed by atoms with van der Waals surface area (Å²) in [6.45, 7) is 3.06. The molecule has 19 heavy (non-hydrogen) atoms. The number of thiazole rings is 1. The second kappa shape index (κ2) is 5.33. The van der Waals surface area contributed by atoms with E-state index >= 15 is 0 Å². The first-order chi connectivity index (χ1) is 8.95. The smallest absolute Gasteiger partial charge is 0.242 e. The van der Waals surface area contributed by atoms with Crippen molar-refractivity contribution in [2.75, 3.05) is 10.6 Å². The molecule has 1 heterocycles. The van der Waals surface area contributed by atoms with Crippen LogP contribution in [-0.2, 0) is 9.59 Å². The minimum absolute atomic E-state index is 0.130. The number of nitrogens with zero attached hydrogens (tertiary/aromatic N) is 1. The third-order valence-corrected chi connectivity index (χ3v) is 3.29. The Kier molecular flexibility index (Phi) is 3.77. The summed E-state index contributed by atoms with van der Waals surface area (Å²) in [5.74, 6) is -0.407. The van der Waals surface area contributed by atoms with Crippen molar-refractivity contribution < 1.29 is 9.59 Å². The van der Waals surface area contributed by atoms with E-state index < -0.39 is 6.04 Å². The van der Waals surface area contributed by atoms with Crippen molar-refractivity contribution in [2.45, 2.75) is 19.9 Å². The number of anilines is 2. The summed E-state index contributed by atoms with van der Waals surface area (Å²) < 4.78 is 0.881. The first-order valence-corrected chi connectivity index (χ1v) is 6.52. The number of aromatic nitrogens is 1. The number of hydrogen-bond acceptors (Lipinski definition) is 5. The van der Waals surface area contributed by atoms with Gasteiger partial charge in [0, 0.05) is 12.6 Å². The van der Waals surface area contributed by atoms with Crippen LogP contribution in [0.1, 0.15) is 13.8 Å². The maximum Gasteiger partial charge on any atom is 0.242 e. The lowest BCUT2D eigenvalue weighted by Gasteiger charge is -2.02. The lowest BCUT2D eigenvalue weighted by Crippen LogP contribution is -2.32. The number of amides is 2. The van der Waals surface area contributed by atoms with Crippen molar-refractivity contribution in [1.29, 1.82) is 0 Å². The van der Waals surface area contributed by atoms with Crippen LogP contribution in [0.5, 0.6) is 0 Å². The highest BCUT2D eigenvalue weighted by molar-refractivity contribution is 7.22. The molecule has 2 aromatic rings. The fraction of sp³-hybridized carbons (Fsp3) is 0.250. The average molecular weight is 278 g/mol. The second-order valence-electron chi connectivity index (χ2n) is 4.16. The van der Waals surface area contributed by atoms with Crippen molar-refractivity contribution in [3.8, 4) is 0 Å². The second-order valence-corrected chi connectivity index (χ2v) is 5.19. The zero-order chi connectivity index (χ0) is 14.0. The highest BCUT2D eigenvalue weighted by Crippen LogP contribution is 2.28. The Labute approximate surface area is 114 Å². The van der Waals surface area contributed by atoms with Gasteiger partial charge in [-0.25, -0.2) is 4.98 Å². The Morgan fingerprint density at radius 2 is 2.11 bits per heavy atom. The summed E-state index contributed by atoms with van der Waals surface area (Å²) in [5.41, 5.74) is 6.94. The summed E-state index contributed by atoms with van der Waals surface area (Å²) in [4.78, 5) is 26.7. The van der Waals surface area contributed by atoms with E-state index in [2.05, 4.69) is 15.6 Å². The molecule has 1 atom stereocenters. The summed E-state index contributed by atoms with van der Waals surface area (Å²) in [5, 5.41) is 5.84. The highest BCUT2D eigenvalue weighted by Gasteiger charge is 2.11. The predicted octanol–water partition coefficient (Wildman–Crippen LogP) is 1.54. The first-order valence-electron chi connectivity index (χ1n) is 5.70. The van der Waals surface area contributed by atoms with Gasteiger partial charge in [0.1, 0.15) is 0 Å². The maximum atomic E-state index is 11.5. The van der Waals surface area contributed by atoms with Crippen LogP contribution >= 0.6 is 11.3 Å². The maximum absolute atomic E-state index is 11.5. The molecule has 1 aromatic carbocycles. The standard InChI is InChI=1S/C12H14N4O2S/c1-6(13)11(18)16-12-15-9-4-3-8(14-7(2)17)5-10(9)19-12/h3-6H,13H2,1-2H3,(H,14,17)(H,15,16,18). The first kappa shape index (κ1) is 13.4. The molecule has 0 aliphatic carbocycles. The normalized spacial score (nSPS) is 12.2. The zero-order valence-electron chi connectivity index (χ0n) is 10.6. The Morgan fingerprint density at radius 3 is 2.74 bits per heavy atom. The largest absolute Gasteiger partial charge is 0.326 e. The van der Waals surface area contributed by atoms with Crippen molar-refractivity contribution in [3.63, 3.8) is 0 Å². The number of carbonyl (C=O) groups excluding carboxylic acids is 2. The number of carbonyl (C=O) groups is 2. The Bertz CT molecular complexity index is 636. The molecule has 0 saturated carbocycles. The summed E-state index contributed by atoms with van der Waals surface area (Å²) in [6.07, 6.45) is 0. The van der Waals surface area contributed by atoms with Crippen LogP contribution in [0.3, 0.4) is 0 Å². The van der Waals surface area contributed by atoms with Gasteiger partial charge < -0.3 is 16.4 Å². The van der Waals surface area contributed by atoms with Crippen molar-refractivity contribution >= 4 is 44.2 Å². The van der Waals surface area contributed by atoms with E-state index in [0.717, 1.165) is 10.2 Å². The number of benzene rings is 1. The van der Waals surface area contributed by atoms with Crippen LogP contribution in [0.25, 0.3) is 10.2 Å². The summed E-state index contributed by atoms with van der Waals surface area (Å²) in [6, 6.07) is 4.79. The lowest BCUT2D eigenvalue weighted by atomic mass is 10.3. The van der Waals surface area contributed by atoms with Crippen LogP contribution in [-0.4, -0.2) is 22.8 Å². The van der Waals surface area contributed by atoms with Crippen molar-refractivity contribution in [1.82, 2.24) is 4.98 Å². The quantitative estimate of drug-likeness (QED) is 0.793. The number of nitrogens with two attached hydrogens (primary N) is 1. The molecule has 2 rings (SSSR count). The van der Waals surface area contributed by atoms with Gasteiger partial charge in [-0.2, -0.15) is 0 Å². The lowest BCUT2D eigenvalue weighted by molar-refractivity contribution is -0.117. The van der Waals surface area contributed by atoms with Crippen LogP contribution in [0, 0.1) is 0 Å². The van der Waals surface area contributed by atoms with Gasteiger partial charge in [0.25, 0.3) is 0 Å². The van der Waals surface area contributed by atoms with E-state index in [-0.39, 0.29) is 11.8 Å². The van der Waals surface area contributed by atoms with Crippen LogP contribution < -0.4 is 16.4 Å². The van der Waals surface area contributed by atoms with E-state index in [1.807, 2.05) is 6.07 Å². The molecule has 0 saturated heterocycles. The van der Waals surface area contributed by atoms with Gasteiger partial charge in [0.05, 0.1) is 16.3 Å². The molecule has 6 nitrogen and oxygen atoms in total. The van der Waals surface area contributed by atoms with Crippen LogP contribution in [0.4, 0.5) is 10.8 Å². The average Bonchev–Trinajstić information content (AvgIpc) is 2.69. The van der Waals surface area contributed by atoms with Crippen LogP contribution in [0.15, 0.2) is 18.2 Å². The van der Waals surface area contributed by atoms with Gasteiger partial charge in [-0.3, -0.25) is 9.59 Å². The molecule has 100 valence electrons. The Morgan fingerprint density at radius 1 is 1.37 bits per heavy atom. The third-order valence-electron chi connectivity index (χ3n) is 2.35. The van der Waals surface area contributed by atoms with Gasteiger partial charge in [0.15, 0.2) is 5.13 Å². The zero-order valence-corrected chi connectivity index (χ0v) is 11.4. The third kappa shape index (κ3) is 3.27. The predicted molar refractivity (Wildman–Crippen MR) is 76.2 cm³/mol. The van der Waals surface area contributed by atoms with Gasteiger partial charge in [-0.05, 0) is 25.1 Å². The monoisotopic (exact) mass is 278 g/mol. The van der Waals surface area contributed by atoms with E-state index in [0.29, 0.717) is 10.8 Å². The molecule has 1 aromatic heterocycles. The highest BCUT2D eigenvalue weighted by atomic mass is 32.1. The topological polar surface area (TPSA) is 97.1 Å². The van der Waals surface area contributed by atoms with Gasteiger partial charge >= 0.3 is 0 Å². The molecule has 0 bridgehead atoms. The van der Waals surface area contributed by atoms with E-state index in [1.54, 1.807) is 19.1 Å². The van der Waals surface area contributed by atoms with E-state index in [4.69, 9.17) is 5.73 Å². The minimum Gasteiger partial charge on any atom is -0.326 e. The molecule has 1 unspecified atom stereocenters. The molecule has 7 heteroatoms. The Balaban J connectivity index is 2.25. The molecular formula is C12H14N4O2S. The molecule has 0 radical (unpaired) electrons. The molecule has 2 amide bonds. The fourth-order valence-electron chi connectivity index (χ4n) is 1.48. The molecule has 0 aliphatic heterocycles. The molecule has 0 aliphatic rings. The number of hydrogen-bond donors (Lipinski definition) is 3. The number of rotatable bonds is 3. The van der Waals surface area contributed by atoms with Gasteiger partial charge in [-0.15, -0.1) is 0 Å². The number of nitrogens with one attached hydrogen (secondary N) is 2. The molecule has 0 fully saturated rings. The Hall–Kier alpha value is -1.99.